The fourth-order valence-electron chi connectivity index (χ4n) is 2.68. The molecular weight excluding hydrogens is 264 g/mol. The summed E-state index contributed by atoms with van der Waals surface area (Å²) < 4.78 is 6.88. The molecule has 4 nitrogen and oxygen atoms in total. The number of hydrogen-bond acceptors (Lipinski definition) is 3. The number of ether oxygens (including phenoxy) is 1. The maximum atomic E-state index is 11.6. The third-order valence-electron chi connectivity index (χ3n) is 3.87. The molecule has 106 valence electrons. The lowest BCUT2D eigenvalue weighted by molar-refractivity contribution is -0.146. The predicted molar refractivity (Wildman–Crippen MR) is 79.4 cm³/mol. The van der Waals surface area contributed by atoms with Gasteiger partial charge in [0.05, 0.1) is 18.7 Å². The topological polar surface area (TPSA) is 44.1 Å². The van der Waals surface area contributed by atoms with Crippen LogP contribution in [0, 0.1) is 18.3 Å². The number of fused-ring (bicyclic) bond motifs is 1. The van der Waals surface area contributed by atoms with E-state index in [4.69, 9.17) is 11.2 Å². The molecule has 0 bridgehead atoms. The van der Waals surface area contributed by atoms with Gasteiger partial charge < -0.3 is 9.30 Å². The molecule has 1 unspecified atom stereocenters. The van der Waals surface area contributed by atoms with Gasteiger partial charge in [0, 0.05) is 30.3 Å². The molecule has 0 spiro atoms. The molecule has 21 heavy (non-hydrogen) atoms. The number of benzene rings is 1. The molecule has 0 saturated carbocycles. The minimum absolute atomic E-state index is 0.0756. The van der Waals surface area contributed by atoms with E-state index in [1.807, 2.05) is 30.5 Å². The summed E-state index contributed by atoms with van der Waals surface area (Å²) in [7, 11) is 1.43. The Morgan fingerprint density at radius 3 is 2.86 bits per heavy atom. The molecule has 2 heterocycles. The second kappa shape index (κ2) is 5.45. The highest BCUT2D eigenvalue weighted by Gasteiger charge is 2.26. The number of carbonyl (C=O) groups excluding carboxylic acids is 1. The molecule has 0 radical (unpaired) electrons. The van der Waals surface area contributed by atoms with E-state index < -0.39 is 0 Å². The average molecular weight is 280 g/mol. The fraction of sp³-hybridized carbons (Fsp3) is 0.294. The Kier molecular flexibility index (Phi) is 3.49. The molecular formula is C17H16N2O2. The average Bonchev–Trinajstić information content (AvgIpc) is 2.97. The number of aryl methyl sites for hydroxylation is 1. The van der Waals surface area contributed by atoms with E-state index >= 15 is 0 Å². The largest absolute Gasteiger partial charge is 0.469 e. The quantitative estimate of drug-likeness (QED) is 0.626. The lowest BCUT2D eigenvalue weighted by Crippen LogP contribution is -2.27. The Morgan fingerprint density at radius 1 is 1.43 bits per heavy atom. The summed E-state index contributed by atoms with van der Waals surface area (Å²) in [6, 6.07) is 7.76. The van der Waals surface area contributed by atoms with Crippen LogP contribution >= 0.6 is 0 Å². The second-order valence-corrected chi connectivity index (χ2v) is 5.18. The van der Waals surface area contributed by atoms with Gasteiger partial charge in [-0.15, -0.1) is 6.42 Å². The predicted octanol–water partition coefficient (Wildman–Crippen LogP) is 2.27. The molecule has 1 aromatic heterocycles. The normalized spacial score (nSPS) is 16.9. The number of esters is 1. The molecule has 2 aromatic rings. The fourth-order valence-corrected chi connectivity index (χ4v) is 2.68. The Balaban J connectivity index is 1.86. The number of terminal acetylenes is 1. The minimum Gasteiger partial charge on any atom is -0.469 e. The zero-order chi connectivity index (χ0) is 14.8. The lowest BCUT2D eigenvalue weighted by atomic mass is 10.00. The highest BCUT2D eigenvalue weighted by Crippen LogP contribution is 2.25. The molecule has 0 saturated heterocycles. The molecule has 1 aliphatic heterocycles. The van der Waals surface area contributed by atoms with Crippen LogP contribution < -0.4 is 0 Å². The van der Waals surface area contributed by atoms with Crippen LogP contribution in [0.1, 0.15) is 17.8 Å². The summed E-state index contributed by atoms with van der Waals surface area (Å²) in [4.78, 5) is 16.3. The van der Waals surface area contributed by atoms with Crippen LogP contribution in [0.3, 0.4) is 0 Å². The van der Waals surface area contributed by atoms with Crippen molar-refractivity contribution < 1.29 is 9.53 Å². The summed E-state index contributed by atoms with van der Waals surface area (Å²) in [6.45, 7) is 0.636. The van der Waals surface area contributed by atoms with Gasteiger partial charge in [-0.3, -0.25) is 4.79 Å². The van der Waals surface area contributed by atoms with Gasteiger partial charge >= 0.3 is 5.97 Å². The van der Waals surface area contributed by atoms with Crippen molar-refractivity contribution in [2.24, 2.45) is 5.92 Å². The third-order valence-corrected chi connectivity index (χ3v) is 3.87. The van der Waals surface area contributed by atoms with Gasteiger partial charge in [0.15, 0.2) is 0 Å². The third kappa shape index (κ3) is 2.55. The van der Waals surface area contributed by atoms with E-state index in [0.29, 0.717) is 6.54 Å². The molecule has 0 amide bonds. The molecule has 1 aliphatic rings. The van der Waals surface area contributed by atoms with Crippen LogP contribution in [0.4, 0.5) is 0 Å². The van der Waals surface area contributed by atoms with E-state index in [0.717, 1.165) is 35.5 Å². The molecule has 4 heteroatoms. The zero-order valence-corrected chi connectivity index (χ0v) is 11.9. The van der Waals surface area contributed by atoms with Gasteiger partial charge in [0.25, 0.3) is 0 Å². The maximum Gasteiger partial charge on any atom is 0.310 e. The first-order valence-corrected chi connectivity index (χ1v) is 6.92. The summed E-state index contributed by atoms with van der Waals surface area (Å²) in [5, 5.41) is 0. The first kappa shape index (κ1) is 13.4. The van der Waals surface area contributed by atoms with Crippen LogP contribution in [0.2, 0.25) is 0 Å². The Morgan fingerprint density at radius 2 is 2.19 bits per heavy atom. The molecule has 3 rings (SSSR count). The molecule has 0 N–H and O–H groups in total. The standard InChI is InChI=1S/C17H16N2O2/c1-3-12-4-6-13(7-5-12)15-11-19-10-14(17(20)21-2)8-9-16(19)18-15/h1,4-7,11,14H,8-10H2,2H3. The maximum absolute atomic E-state index is 11.6. The Bertz CT molecular complexity index is 707. The first-order chi connectivity index (χ1) is 10.2. The number of carbonyl (C=O) groups is 1. The number of rotatable bonds is 2. The lowest BCUT2D eigenvalue weighted by Gasteiger charge is -2.21. The van der Waals surface area contributed by atoms with Crippen LogP contribution in [-0.2, 0) is 22.5 Å². The van der Waals surface area contributed by atoms with E-state index in [-0.39, 0.29) is 11.9 Å². The number of aromatic nitrogens is 2. The van der Waals surface area contributed by atoms with Crippen molar-refractivity contribution in [1.29, 1.82) is 0 Å². The summed E-state index contributed by atoms with van der Waals surface area (Å²) in [5.41, 5.74) is 2.80. The number of methoxy groups -OCH3 is 1. The minimum atomic E-state index is -0.144. The van der Waals surface area contributed by atoms with Gasteiger partial charge in [-0.05, 0) is 18.6 Å². The van der Waals surface area contributed by atoms with Crippen molar-refractivity contribution in [2.75, 3.05) is 7.11 Å². The molecule has 1 aromatic carbocycles. The van der Waals surface area contributed by atoms with Crippen molar-refractivity contribution in [1.82, 2.24) is 9.55 Å². The van der Waals surface area contributed by atoms with Crippen LogP contribution in [0.15, 0.2) is 30.5 Å². The Labute approximate surface area is 123 Å². The van der Waals surface area contributed by atoms with Crippen LogP contribution in [0.25, 0.3) is 11.3 Å². The van der Waals surface area contributed by atoms with Gasteiger partial charge in [0.2, 0.25) is 0 Å². The van der Waals surface area contributed by atoms with Crippen molar-refractivity contribution in [3.63, 3.8) is 0 Å². The SMILES string of the molecule is C#Cc1ccc(-c2cn3c(n2)CCC(C(=O)OC)C3)cc1. The van der Waals surface area contributed by atoms with E-state index in [1.165, 1.54) is 7.11 Å². The highest BCUT2D eigenvalue weighted by molar-refractivity contribution is 5.72. The van der Waals surface area contributed by atoms with Gasteiger partial charge in [0.1, 0.15) is 5.82 Å². The van der Waals surface area contributed by atoms with Crippen LogP contribution in [0.5, 0.6) is 0 Å². The van der Waals surface area contributed by atoms with Crippen molar-refractivity contribution in [3.8, 4) is 23.6 Å². The van der Waals surface area contributed by atoms with Crippen LogP contribution in [-0.4, -0.2) is 22.6 Å². The summed E-state index contributed by atoms with van der Waals surface area (Å²) in [5.74, 6) is 3.40. The van der Waals surface area contributed by atoms with E-state index in [9.17, 15) is 4.79 Å². The van der Waals surface area contributed by atoms with Crippen molar-refractivity contribution in [3.05, 3.63) is 41.9 Å². The summed E-state index contributed by atoms with van der Waals surface area (Å²) >= 11 is 0. The second-order valence-electron chi connectivity index (χ2n) is 5.18. The van der Waals surface area contributed by atoms with E-state index in [1.54, 1.807) is 0 Å². The number of hydrogen-bond donors (Lipinski definition) is 0. The molecule has 0 fully saturated rings. The molecule has 1 atom stereocenters. The van der Waals surface area contributed by atoms with Crippen molar-refractivity contribution >= 4 is 5.97 Å². The number of imidazole rings is 1. The zero-order valence-electron chi connectivity index (χ0n) is 11.9. The van der Waals surface area contributed by atoms with E-state index in [2.05, 4.69) is 15.5 Å². The van der Waals surface area contributed by atoms with Gasteiger partial charge in [-0.1, -0.05) is 18.1 Å². The monoisotopic (exact) mass is 280 g/mol. The Hall–Kier alpha value is -2.54. The van der Waals surface area contributed by atoms with Gasteiger partial charge in [-0.2, -0.15) is 0 Å². The number of nitrogens with zero attached hydrogens (tertiary/aromatic N) is 2. The summed E-state index contributed by atoms with van der Waals surface area (Å²) in [6.07, 6.45) is 8.94. The van der Waals surface area contributed by atoms with Crippen molar-refractivity contribution in [2.45, 2.75) is 19.4 Å². The smallest absolute Gasteiger partial charge is 0.310 e. The molecule has 0 aliphatic carbocycles. The highest BCUT2D eigenvalue weighted by atomic mass is 16.5. The first-order valence-electron chi connectivity index (χ1n) is 6.92. The van der Waals surface area contributed by atoms with Gasteiger partial charge in [-0.25, -0.2) is 4.98 Å².